The molecule has 2 bridgehead atoms. The van der Waals surface area contributed by atoms with Crippen molar-refractivity contribution in [1.82, 2.24) is 25.3 Å². The largest absolute Gasteiger partial charge is 0.339 e. The molecule has 2 saturated heterocycles. The Morgan fingerprint density at radius 2 is 2.16 bits per heavy atom. The van der Waals surface area contributed by atoms with Crippen molar-refractivity contribution < 1.29 is 9.32 Å². The van der Waals surface area contributed by atoms with Crippen molar-refractivity contribution >= 4 is 6.03 Å². The molecule has 2 aromatic heterocycles. The Balaban J connectivity index is 1.46. The number of amides is 2. The normalized spacial score (nSPS) is 25.2. The van der Waals surface area contributed by atoms with E-state index >= 15 is 0 Å². The Morgan fingerprint density at radius 3 is 2.84 bits per heavy atom. The zero-order valence-electron chi connectivity index (χ0n) is 14.4. The first-order chi connectivity index (χ1) is 12.3. The Morgan fingerprint density at radius 1 is 1.36 bits per heavy atom. The first-order valence-corrected chi connectivity index (χ1v) is 9.06. The van der Waals surface area contributed by atoms with E-state index in [1.165, 1.54) is 0 Å². The molecule has 2 aliphatic rings. The molecule has 7 nitrogen and oxygen atoms in total. The number of urea groups is 1. The van der Waals surface area contributed by atoms with E-state index in [1.54, 1.807) is 12.4 Å². The van der Waals surface area contributed by atoms with Gasteiger partial charge in [0.1, 0.15) is 0 Å². The first-order valence-electron chi connectivity index (χ1n) is 9.06. The maximum absolute atomic E-state index is 12.4. The Kier molecular flexibility index (Phi) is 4.38. The number of hydrogen-bond acceptors (Lipinski definition) is 5. The van der Waals surface area contributed by atoms with Gasteiger partial charge in [-0.15, -0.1) is 0 Å². The summed E-state index contributed by atoms with van der Waals surface area (Å²) in [6.45, 7) is 2.80. The highest BCUT2D eigenvalue weighted by molar-refractivity contribution is 5.75. The van der Waals surface area contributed by atoms with E-state index in [-0.39, 0.29) is 24.0 Å². The molecule has 2 atom stereocenters. The number of rotatable bonds is 4. The van der Waals surface area contributed by atoms with Crippen molar-refractivity contribution in [3.8, 4) is 11.4 Å². The van der Waals surface area contributed by atoms with Gasteiger partial charge in [-0.2, -0.15) is 4.98 Å². The van der Waals surface area contributed by atoms with Crippen molar-refractivity contribution in [1.29, 1.82) is 0 Å². The minimum Gasteiger partial charge on any atom is -0.339 e. The molecule has 2 unspecified atom stereocenters. The van der Waals surface area contributed by atoms with Gasteiger partial charge in [-0.05, 0) is 44.2 Å². The van der Waals surface area contributed by atoms with Crippen molar-refractivity contribution in [3.63, 3.8) is 0 Å². The van der Waals surface area contributed by atoms with Gasteiger partial charge in [0.15, 0.2) is 0 Å². The number of carbonyl (C=O) groups is 1. The van der Waals surface area contributed by atoms with Crippen LogP contribution in [0.5, 0.6) is 0 Å². The predicted octanol–water partition coefficient (Wildman–Crippen LogP) is 2.96. The van der Waals surface area contributed by atoms with Crippen LogP contribution in [-0.2, 0) is 0 Å². The molecule has 0 spiro atoms. The second-order valence-corrected chi connectivity index (χ2v) is 6.89. The lowest BCUT2D eigenvalue weighted by molar-refractivity contribution is 0.130. The molecule has 0 saturated carbocycles. The Labute approximate surface area is 146 Å². The molecular weight excluding hydrogens is 318 g/mol. The summed E-state index contributed by atoms with van der Waals surface area (Å²) < 4.78 is 5.54. The number of fused-ring (bicyclic) bond motifs is 2. The van der Waals surface area contributed by atoms with Crippen molar-refractivity contribution in [3.05, 3.63) is 30.4 Å². The molecule has 2 amide bonds. The highest BCUT2D eigenvalue weighted by atomic mass is 16.5. The summed E-state index contributed by atoms with van der Waals surface area (Å²) in [6.07, 6.45) is 8.32. The highest BCUT2D eigenvalue weighted by Crippen LogP contribution is 2.42. The third-order valence-electron chi connectivity index (χ3n) is 5.20. The van der Waals surface area contributed by atoms with Gasteiger partial charge in [0, 0.05) is 42.5 Å². The monoisotopic (exact) mass is 341 g/mol. The molecular formula is C18H23N5O2. The van der Waals surface area contributed by atoms with E-state index in [0.29, 0.717) is 11.7 Å². The smallest absolute Gasteiger partial charge is 0.317 e. The van der Waals surface area contributed by atoms with Crippen LogP contribution in [0.15, 0.2) is 29.0 Å². The topological polar surface area (TPSA) is 84.2 Å². The van der Waals surface area contributed by atoms with Crippen LogP contribution in [0.25, 0.3) is 11.4 Å². The second kappa shape index (κ2) is 6.82. The summed E-state index contributed by atoms with van der Waals surface area (Å²) in [6, 6.07) is 4.41. The van der Waals surface area contributed by atoms with E-state index in [2.05, 4.69) is 27.4 Å². The standard InChI is InChI=1S/C18H23N5O2/c1-2-7-20-18(24)23-14-5-6-15(23)10-13(9-14)17-21-16(22-25-17)12-4-3-8-19-11-12/h3-4,8,11,13-15H,2,5-7,9-10H2,1H3,(H,20,24). The molecule has 2 fully saturated rings. The molecule has 2 aromatic rings. The van der Waals surface area contributed by atoms with Gasteiger partial charge in [-0.1, -0.05) is 12.1 Å². The van der Waals surface area contributed by atoms with Crippen LogP contribution in [0.1, 0.15) is 50.8 Å². The van der Waals surface area contributed by atoms with Crippen LogP contribution >= 0.6 is 0 Å². The molecule has 4 rings (SSSR count). The number of carbonyl (C=O) groups excluding carboxylic acids is 1. The number of hydrogen-bond donors (Lipinski definition) is 1. The predicted molar refractivity (Wildman–Crippen MR) is 91.8 cm³/mol. The zero-order chi connectivity index (χ0) is 17.2. The average molecular weight is 341 g/mol. The maximum atomic E-state index is 12.4. The summed E-state index contributed by atoms with van der Waals surface area (Å²) in [4.78, 5) is 23.1. The van der Waals surface area contributed by atoms with Gasteiger partial charge < -0.3 is 14.7 Å². The number of aromatic nitrogens is 3. The molecule has 132 valence electrons. The number of pyridine rings is 1. The summed E-state index contributed by atoms with van der Waals surface area (Å²) in [7, 11) is 0. The van der Waals surface area contributed by atoms with Crippen LogP contribution < -0.4 is 5.32 Å². The molecule has 0 radical (unpaired) electrons. The lowest BCUT2D eigenvalue weighted by Crippen LogP contribution is -2.50. The molecule has 0 aromatic carbocycles. The number of nitrogens with zero attached hydrogens (tertiary/aromatic N) is 4. The van der Waals surface area contributed by atoms with Crippen LogP contribution in [0.4, 0.5) is 4.79 Å². The summed E-state index contributed by atoms with van der Waals surface area (Å²) in [5.41, 5.74) is 0.858. The average Bonchev–Trinajstić information content (AvgIpc) is 3.24. The van der Waals surface area contributed by atoms with Gasteiger partial charge in [0.05, 0.1) is 0 Å². The van der Waals surface area contributed by atoms with Gasteiger partial charge in [-0.25, -0.2) is 4.79 Å². The van der Waals surface area contributed by atoms with E-state index in [4.69, 9.17) is 4.52 Å². The van der Waals surface area contributed by atoms with Gasteiger partial charge >= 0.3 is 6.03 Å². The summed E-state index contributed by atoms with van der Waals surface area (Å²) >= 11 is 0. The second-order valence-electron chi connectivity index (χ2n) is 6.89. The quantitative estimate of drug-likeness (QED) is 0.924. The van der Waals surface area contributed by atoms with Crippen LogP contribution in [0, 0.1) is 0 Å². The third kappa shape index (κ3) is 3.10. The van der Waals surface area contributed by atoms with Crippen LogP contribution in [-0.4, -0.2) is 44.7 Å². The van der Waals surface area contributed by atoms with Crippen LogP contribution in [0.3, 0.4) is 0 Å². The van der Waals surface area contributed by atoms with E-state index in [1.807, 2.05) is 17.0 Å². The maximum Gasteiger partial charge on any atom is 0.317 e. The van der Waals surface area contributed by atoms with E-state index < -0.39 is 0 Å². The molecule has 7 heteroatoms. The van der Waals surface area contributed by atoms with Gasteiger partial charge in [0.25, 0.3) is 0 Å². The molecule has 1 N–H and O–H groups in total. The zero-order valence-corrected chi connectivity index (χ0v) is 14.4. The minimum absolute atomic E-state index is 0.0781. The molecule has 0 aliphatic carbocycles. The van der Waals surface area contributed by atoms with Crippen molar-refractivity contribution in [2.45, 2.75) is 57.0 Å². The Bertz CT molecular complexity index is 718. The highest BCUT2D eigenvalue weighted by Gasteiger charge is 2.45. The lowest BCUT2D eigenvalue weighted by atomic mass is 9.91. The first kappa shape index (κ1) is 16.1. The molecule has 4 heterocycles. The van der Waals surface area contributed by atoms with Crippen LogP contribution in [0.2, 0.25) is 0 Å². The third-order valence-corrected chi connectivity index (χ3v) is 5.20. The van der Waals surface area contributed by atoms with Gasteiger partial charge in [0.2, 0.25) is 11.7 Å². The molecule has 2 aliphatic heterocycles. The molecule has 25 heavy (non-hydrogen) atoms. The van der Waals surface area contributed by atoms with E-state index in [9.17, 15) is 4.79 Å². The summed E-state index contributed by atoms with van der Waals surface area (Å²) in [5.74, 6) is 1.49. The summed E-state index contributed by atoms with van der Waals surface area (Å²) in [5, 5.41) is 7.12. The fourth-order valence-electron chi connectivity index (χ4n) is 4.05. The van der Waals surface area contributed by atoms with E-state index in [0.717, 1.165) is 44.2 Å². The van der Waals surface area contributed by atoms with Gasteiger partial charge in [-0.3, -0.25) is 4.98 Å². The lowest BCUT2D eigenvalue weighted by Gasteiger charge is -2.37. The number of piperidine rings is 1. The fraction of sp³-hybridized carbons (Fsp3) is 0.556. The minimum atomic E-state index is 0.0781. The fourth-order valence-corrected chi connectivity index (χ4v) is 4.05. The van der Waals surface area contributed by atoms with Crippen molar-refractivity contribution in [2.75, 3.05) is 6.54 Å². The SMILES string of the molecule is CCCNC(=O)N1C2CCC1CC(c1nc(-c3cccnc3)no1)C2. The Hall–Kier alpha value is -2.44. The van der Waals surface area contributed by atoms with Crippen molar-refractivity contribution in [2.24, 2.45) is 0 Å². The number of nitrogens with one attached hydrogen (secondary N) is 1.